The van der Waals surface area contributed by atoms with E-state index in [4.69, 9.17) is 4.42 Å². The van der Waals surface area contributed by atoms with E-state index in [1.165, 1.54) is 0 Å². The average Bonchev–Trinajstić information content (AvgIpc) is 2.84. The molecule has 0 unspecified atom stereocenters. The first-order valence-corrected chi connectivity index (χ1v) is 5.01. The number of hydrogen-bond acceptors (Lipinski definition) is 2. The molecule has 3 rings (SSSR count). The maximum Gasteiger partial charge on any atom is 0.333 e. The molecule has 3 aromatic rings. The summed E-state index contributed by atoms with van der Waals surface area (Å²) in [5.41, 5.74) is 2.54. The Morgan fingerprint density at radius 3 is 2.88 bits per heavy atom. The molecule has 80 valence electrons. The Hall–Kier alpha value is -2.23. The maximum absolute atomic E-state index is 11.8. The summed E-state index contributed by atoms with van der Waals surface area (Å²) < 4.78 is 6.81. The minimum absolute atomic E-state index is 0.181. The highest BCUT2D eigenvalue weighted by Crippen LogP contribution is 2.18. The van der Waals surface area contributed by atoms with Gasteiger partial charge in [0.15, 0.2) is 0 Å². The molecule has 2 aromatic heterocycles. The fourth-order valence-corrected chi connectivity index (χ4v) is 1.94. The maximum atomic E-state index is 11.8. The Labute approximate surface area is 91.1 Å². The van der Waals surface area contributed by atoms with E-state index in [0.29, 0.717) is 5.88 Å². The fourth-order valence-electron chi connectivity index (χ4n) is 1.94. The van der Waals surface area contributed by atoms with Crippen molar-refractivity contribution in [2.75, 3.05) is 0 Å². The average molecular weight is 214 g/mol. The molecule has 4 heteroatoms. The predicted octanol–water partition coefficient (Wildman–Crippen LogP) is 2.22. The number of rotatable bonds is 1. The Morgan fingerprint density at radius 2 is 2.12 bits per heavy atom. The van der Waals surface area contributed by atoms with Crippen LogP contribution in [0, 0.1) is 6.92 Å². The third-order valence-corrected chi connectivity index (χ3v) is 2.63. The summed E-state index contributed by atoms with van der Waals surface area (Å²) in [6.07, 6.45) is 1.55. The number of para-hydroxylation sites is 1. The number of aromatic amines is 1. The second-order valence-corrected chi connectivity index (χ2v) is 3.69. The van der Waals surface area contributed by atoms with Crippen LogP contribution < -0.4 is 5.69 Å². The number of aryl methyl sites for hydroxylation is 1. The molecule has 1 aromatic carbocycles. The van der Waals surface area contributed by atoms with Crippen LogP contribution in [0.4, 0.5) is 0 Å². The Kier molecular flexibility index (Phi) is 1.77. The van der Waals surface area contributed by atoms with Gasteiger partial charge < -0.3 is 9.40 Å². The summed E-state index contributed by atoms with van der Waals surface area (Å²) >= 11 is 0. The van der Waals surface area contributed by atoms with E-state index in [0.717, 1.165) is 16.6 Å². The SMILES string of the molecule is Cc1cccc2[nH]c(=O)n(-c3ccco3)c12. The lowest BCUT2D eigenvalue weighted by atomic mass is 10.2. The van der Waals surface area contributed by atoms with Crippen LogP contribution in [0.15, 0.2) is 45.8 Å². The van der Waals surface area contributed by atoms with Gasteiger partial charge in [-0.15, -0.1) is 0 Å². The van der Waals surface area contributed by atoms with Crippen molar-refractivity contribution in [3.8, 4) is 5.88 Å². The first-order chi connectivity index (χ1) is 7.77. The van der Waals surface area contributed by atoms with E-state index in [-0.39, 0.29) is 5.69 Å². The van der Waals surface area contributed by atoms with Gasteiger partial charge in [0, 0.05) is 6.07 Å². The minimum atomic E-state index is -0.181. The predicted molar refractivity (Wildman–Crippen MR) is 60.9 cm³/mol. The molecule has 16 heavy (non-hydrogen) atoms. The monoisotopic (exact) mass is 214 g/mol. The Balaban J connectivity index is 2.49. The van der Waals surface area contributed by atoms with Crippen molar-refractivity contribution in [1.82, 2.24) is 9.55 Å². The zero-order valence-electron chi connectivity index (χ0n) is 8.73. The molecule has 0 saturated carbocycles. The molecule has 0 fully saturated rings. The number of hydrogen-bond donors (Lipinski definition) is 1. The summed E-state index contributed by atoms with van der Waals surface area (Å²) in [7, 11) is 0. The molecule has 0 aliphatic rings. The van der Waals surface area contributed by atoms with Gasteiger partial charge in [-0.05, 0) is 24.6 Å². The van der Waals surface area contributed by atoms with Gasteiger partial charge in [-0.1, -0.05) is 12.1 Å². The van der Waals surface area contributed by atoms with Gasteiger partial charge in [-0.2, -0.15) is 0 Å². The topological polar surface area (TPSA) is 50.9 Å². The van der Waals surface area contributed by atoms with Crippen molar-refractivity contribution in [2.45, 2.75) is 6.92 Å². The number of H-pyrrole nitrogens is 1. The number of nitrogens with one attached hydrogen (secondary N) is 1. The molecule has 0 bridgehead atoms. The number of aromatic nitrogens is 2. The summed E-state index contributed by atoms with van der Waals surface area (Å²) in [6, 6.07) is 9.29. The van der Waals surface area contributed by atoms with Crippen LogP contribution in [0.25, 0.3) is 16.9 Å². The lowest BCUT2D eigenvalue weighted by Crippen LogP contribution is -2.14. The van der Waals surface area contributed by atoms with Gasteiger partial charge >= 0.3 is 5.69 Å². The van der Waals surface area contributed by atoms with Crippen molar-refractivity contribution in [1.29, 1.82) is 0 Å². The summed E-state index contributed by atoms with van der Waals surface area (Å²) in [5.74, 6) is 0.533. The molecule has 0 spiro atoms. The molecule has 2 heterocycles. The summed E-state index contributed by atoms with van der Waals surface area (Å²) in [6.45, 7) is 1.97. The van der Waals surface area contributed by atoms with Crippen LogP contribution >= 0.6 is 0 Å². The molecular formula is C12H10N2O2. The zero-order valence-corrected chi connectivity index (χ0v) is 8.73. The third kappa shape index (κ3) is 1.13. The first-order valence-electron chi connectivity index (χ1n) is 5.01. The normalized spacial score (nSPS) is 11.1. The van der Waals surface area contributed by atoms with Gasteiger partial charge in [-0.25, -0.2) is 9.36 Å². The number of fused-ring (bicyclic) bond motifs is 1. The van der Waals surface area contributed by atoms with Crippen molar-refractivity contribution in [2.24, 2.45) is 0 Å². The molecule has 4 nitrogen and oxygen atoms in total. The molecule has 0 radical (unpaired) electrons. The van der Waals surface area contributed by atoms with Crippen LogP contribution in [-0.4, -0.2) is 9.55 Å². The van der Waals surface area contributed by atoms with Crippen molar-refractivity contribution >= 4 is 11.0 Å². The van der Waals surface area contributed by atoms with Gasteiger partial charge in [0.2, 0.25) is 5.88 Å². The van der Waals surface area contributed by atoms with Crippen LogP contribution in [0.5, 0.6) is 0 Å². The molecule has 1 N–H and O–H groups in total. The van der Waals surface area contributed by atoms with Crippen molar-refractivity contribution in [3.05, 3.63) is 52.6 Å². The second-order valence-electron chi connectivity index (χ2n) is 3.69. The second kappa shape index (κ2) is 3.13. The molecule has 0 aliphatic carbocycles. The van der Waals surface area contributed by atoms with Crippen LogP contribution in [0.2, 0.25) is 0 Å². The first kappa shape index (κ1) is 9.03. The van der Waals surface area contributed by atoms with E-state index in [1.807, 2.05) is 25.1 Å². The third-order valence-electron chi connectivity index (χ3n) is 2.63. The summed E-state index contributed by atoms with van der Waals surface area (Å²) in [4.78, 5) is 14.6. The number of imidazole rings is 1. The highest BCUT2D eigenvalue weighted by molar-refractivity contribution is 5.80. The molecule has 0 aliphatic heterocycles. The number of nitrogens with zero attached hydrogens (tertiary/aromatic N) is 1. The summed E-state index contributed by atoms with van der Waals surface area (Å²) in [5, 5.41) is 0. The van der Waals surface area contributed by atoms with Gasteiger partial charge in [-0.3, -0.25) is 0 Å². The number of furan rings is 1. The van der Waals surface area contributed by atoms with E-state index in [2.05, 4.69) is 4.98 Å². The smallest absolute Gasteiger partial charge is 0.333 e. The minimum Gasteiger partial charge on any atom is -0.448 e. The van der Waals surface area contributed by atoms with Crippen LogP contribution in [0.3, 0.4) is 0 Å². The van der Waals surface area contributed by atoms with Crippen molar-refractivity contribution < 1.29 is 4.42 Å². The Bertz CT molecular complexity index is 689. The van der Waals surface area contributed by atoms with Gasteiger partial charge in [0.25, 0.3) is 0 Å². The quantitative estimate of drug-likeness (QED) is 0.675. The zero-order chi connectivity index (χ0) is 11.1. The van der Waals surface area contributed by atoms with Gasteiger partial charge in [0.1, 0.15) is 0 Å². The van der Waals surface area contributed by atoms with Crippen LogP contribution in [0.1, 0.15) is 5.56 Å². The highest BCUT2D eigenvalue weighted by atomic mass is 16.3. The Morgan fingerprint density at radius 1 is 1.25 bits per heavy atom. The van der Waals surface area contributed by atoms with E-state index < -0.39 is 0 Å². The molecule has 0 amide bonds. The molecule has 0 atom stereocenters. The lowest BCUT2D eigenvalue weighted by molar-refractivity contribution is 0.538. The molecular weight excluding hydrogens is 204 g/mol. The van der Waals surface area contributed by atoms with E-state index >= 15 is 0 Å². The van der Waals surface area contributed by atoms with E-state index in [9.17, 15) is 4.79 Å². The molecule has 0 saturated heterocycles. The highest BCUT2D eigenvalue weighted by Gasteiger charge is 2.11. The largest absolute Gasteiger partial charge is 0.448 e. The van der Waals surface area contributed by atoms with E-state index in [1.54, 1.807) is 23.0 Å². The lowest BCUT2D eigenvalue weighted by Gasteiger charge is -2.00. The van der Waals surface area contributed by atoms with Crippen LogP contribution in [-0.2, 0) is 0 Å². The number of benzene rings is 1. The fraction of sp³-hybridized carbons (Fsp3) is 0.0833. The van der Waals surface area contributed by atoms with Crippen molar-refractivity contribution in [3.63, 3.8) is 0 Å². The van der Waals surface area contributed by atoms with Gasteiger partial charge in [0.05, 0.1) is 17.3 Å². The standard InChI is InChI=1S/C12H10N2O2/c1-8-4-2-5-9-11(8)14(12(15)13-9)10-6-3-7-16-10/h2-7H,1H3,(H,13,15).